The van der Waals surface area contributed by atoms with Crippen LogP contribution < -0.4 is 5.32 Å². The first-order valence-corrected chi connectivity index (χ1v) is 7.12. The molecule has 1 atom stereocenters. The molecular formula is C14H24ClN3O2. The number of aliphatic imine (C=N–C) groups is 1. The molecule has 0 aliphatic carbocycles. The van der Waals surface area contributed by atoms with Crippen LogP contribution in [0, 0.1) is 5.92 Å². The quantitative estimate of drug-likeness (QED) is 0.492. The fourth-order valence-electron chi connectivity index (χ4n) is 2.04. The number of rotatable bonds is 3. The summed E-state index contributed by atoms with van der Waals surface area (Å²) in [5.41, 5.74) is -0.444. The van der Waals surface area contributed by atoms with Crippen LogP contribution in [0.15, 0.2) is 16.6 Å². The van der Waals surface area contributed by atoms with Crippen LogP contribution in [0.4, 0.5) is 0 Å². The molecule has 1 unspecified atom stereocenters. The van der Waals surface area contributed by atoms with Gasteiger partial charge in [0, 0.05) is 25.2 Å². The van der Waals surface area contributed by atoms with Crippen molar-refractivity contribution in [3.05, 3.63) is 11.6 Å². The first-order valence-electron chi connectivity index (χ1n) is 6.74. The Hall–Kier alpha value is -1.23. The summed E-state index contributed by atoms with van der Waals surface area (Å²) in [6.07, 6.45) is 0.775. The van der Waals surface area contributed by atoms with Gasteiger partial charge in [-0.05, 0) is 27.2 Å². The summed E-state index contributed by atoms with van der Waals surface area (Å²) in [7, 11) is 1.71. The van der Waals surface area contributed by atoms with Gasteiger partial charge in [-0.1, -0.05) is 18.2 Å². The molecule has 20 heavy (non-hydrogen) atoms. The number of hydrogen-bond donors (Lipinski definition) is 1. The zero-order chi connectivity index (χ0) is 15.3. The highest BCUT2D eigenvalue weighted by atomic mass is 35.5. The zero-order valence-electron chi connectivity index (χ0n) is 12.7. The third-order valence-corrected chi connectivity index (χ3v) is 3.01. The smallest absolute Gasteiger partial charge is 0.311 e. The monoisotopic (exact) mass is 301 g/mol. The molecule has 1 aliphatic rings. The van der Waals surface area contributed by atoms with Crippen molar-refractivity contribution in [1.82, 2.24) is 10.2 Å². The second-order valence-corrected chi connectivity index (χ2v) is 6.42. The Bertz CT molecular complexity index is 402. The van der Waals surface area contributed by atoms with E-state index in [1.54, 1.807) is 7.05 Å². The average Bonchev–Trinajstić information content (AvgIpc) is 2.76. The van der Waals surface area contributed by atoms with E-state index in [1.807, 2.05) is 25.7 Å². The van der Waals surface area contributed by atoms with Crippen LogP contribution in [0.1, 0.15) is 27.2 Å². The molecule has 0 radical (unpaired) electrons. The Kier molecular flexibility index (Phi) is 5.87. The van der Waals surface area contributed by atoms with E-state index in [-0.39, 0.29) is 11.9 Å². The molecule has 1 rings (SSSR count). The average molecular weight is 302 g/mol. The molecule has 0 saturated carbocycles. The third kappa shape index (κ3) is 5.41. The highest BCUT2D eigenvalue weighted by Gasteiger charge is 2.33. The van der Waals surface area contributed by atoms with Crippen LogP contribution in [0.5, 0.6) is 0 Å². The molecule has 1 saturated heterocycles. The Morgan fingerprint density at radius 3 is 2.70 bits per heavy atom. The maximum absolute atomic E-state index is 12.0. The van der Waals surface area contributed by atoms with Gasteiger partial charge in [0.25, 0.3) is 0 Å². The van der Waals surface area contributed by atoms with Crippen LogP contribution in [0.25, 0.3) is 0 Å². The number of esters is 1. The van der Waals surface area contributed by atoms with Crippen molar-refractivity contribution in [2.75, 3.05) is 26.7 Å². The van der Waals surface area contributed by atoms with Crippen LogP contribution in [0.2, 0.25) is 0 Å². The Morgan fingerprint density at radius 2 is 2.20 bits per heavy atom. The fraction of sp³-hybridized carbons (Fsp3) is 0.714. The first kappa shape index (κ1) is 16.8. The minimum Gasteiger partial charge on any atom is -0.460 e. The summed E-state index contributed by atoms with van der Waals surface area (Å²) in [5, 5.41) is 3.63. The number of hydrogen-bond acceptors (Lipinski definition) is 3. The van der Waals surface area contributed by atoms with E-state index >= 15 is 0 Å². The van der Waals surface area contributed by atoms with Gasteiger partial charge in [0.2, 0.25) is 0 Å². The molecule has 6 heteroatoms. The zero-order valence-corrected chi connectivity index (χ0v) is 13.5. The number of nitrogens with one attached hydrogen (secondary N) is 1. The lowest BCUT2D eigenvalue weighted by atomic mass is 10.1. The fourth-order valence-corrected chi connectivity index (χ4v) is 2.10. The largest absolute Gasteiger partial charge is 0.460 e. The first-order chi connectivity index (χ1) is 9.23. The Morgan fingerprint density at radius 1 is 1.55 bits per heavy atom. The van der Waals surface area contributed by atoms with Crippen LogP contribution in [0.3, 0.4) is 0 Å². The SMILES string of the molecule is C=C(Cl)CNC(=NC)N1CCC(C(=O)OC(C)(C)C)C1. The predicted molar refractivity (Wildman–Crippen MR) is 81.9 cm³/mol. The van der Waals surface area contributed by atoms with Gasteiger partial charge >= 0.3 is 5.97 Å². The normalized spacial score (nSPS) is 19.9. The molecule has 0 aromatic carbocycles. The molecular weight excluding hydrogens is 278 g/mol. The predicted octanol–water partition coefficient (Wildman–Crippen LogP) is 1.98. The van der Waals surface area contributed by atoms with E-state index in [1.165, 1.54) is 0 Å². The molecule has 1 aliphatic heterocycles. The number of carbonyl (C=O) groups is 1. The van der Waals surface area contributed by atoms with Crippen molar-refractivity contribution in [2.24, 2.45) is 10.9 Å². The third-order valence-electron chi connectivity index (χ3n) is 2.88. The van der Waals surface area contributed by atoms with Gasteiger partial charge in [0.05, 0.1) is 12.5 Å². The Labute approximate surface area is 126 Å². The molecule has 1 heterocycles. The summed E-state index contributed by atoms with van der Waals surface area (Å²) in [4.78, 5) is 18.3. The van der Waals surface area contributed by atoms with Crippen molar-refractivity contribution in [1.29, 1.82) is 0 Å². The molecule has 0 bridgehead atoms. The van der Waals surface area contributed by atoms with Crippen LogP contribution >= 0.6 is 11.6 Å². The summed E-state index contributed by atoms with van der Waals surface area (Å²) in [5.74, 6) is 0.488. The topological polar surface area (TPSA) is 53.9 Å². The van der Waals surface area contributed by atoms with Gasteiger partial charge in [0.15, 0.2) is 5.96 Å². The number of halogens is 1. The maximum atomic E-state index is 12.0. The molecule has 1 fully saturated rings. The van der Waals surface area contributed by atoms with E-state index in [0.717, 1.165) is 18.9 Å². The van der Waals surface area contributed by atoms with E-state index in [0.29, 0.717) is 18.1 Å². The highest BCUT2D eigenvalue weighted by Crippen LogP contribution is 2.20. The second-order valence-electron chi connectivity index (χ2n) is 5.88. The minimum absolute atomic E-state index is 0.105. The maximum Gasteiger partial charge on any atom is 0.311 e. The van der Waals surface area contributed by atoms with Gasteiger partial charge in [-0.3, -0.25) is 9.79 Å². The van der Waals surface area contributed by atoms with E-state index in [4.69, 9.17) is 16.3 Å². The van der Waals surface area contributed by atoms with E-state index in [9.17, 15) is 4.79 Å². The lowest BCUT2D eigenvalue weighted by molar-refractivity contribution is -0.159. The molecule has 0 spiro atoms. The standard InChI is InChI=1S/C14H24ClN3O2/c1-10(15)8-17-13(16-5)18-7-6-11(9-18)12(19)20-14(2,3)4/h11H,1,6-9H2,2-5H3,(H,16,17). The minimum atomic E-state index is -0.444. The van der Waals surface area contributed by atoms with Crippen LogP contribution in [-0.4, -0.2) is 49.1 Å². The summed E-state index contributed by atoms with van der Waals surface area (Å²) < 4.78 is 5.42. The van der Waals surface area contributed by atoms with Gasteiger partial charge in [-0.15, -0.1) is 0 Å². The number of likely N-dealkylation sites (tertiary alicyclic amines) is 1. The number of nitrogens with zero attached hydrogens (tertiary/aromatic N) is 2. The highest BCUT2D eigenvalue weighted by molar-refractivity contribution is 6.29. The molecule has 5 nitrogen and oxygen atoms in total. The summed E-state index contributed by atoms with van der Waals surface area (Å²) in [6.45, 7) is 11.1. The van der Waals surface area contributed by atoms with Crippen molar-refractivity contribution in [2.45, 2.75) is 32.8 Å². The number of carbonyl (C=O) groups excluding carboxylic acids is 1. The summed E-state index contributed by atoms with van der Waals surface area (Å²) >= 11 is 5.73. The van der Waals surface area contributed by atoms with Crippen molar-refractivity contribution >= 4 is 23.5 Å². The van der Waals surface area contributed by atoms with Gasteiger partial charge in [-0.2, -0.15) is 0 Å². The molecule has 0 amide bonds. The molecule has 0 aromatic rings. The second kappa shape index (κ2) is 6.97. The van der Waals surface area contributed by atoms with Crippen molar-refractivity contribution in [3.63, 3.8) is 0 Å². The van der Waals surface area contributed by atoms with Crippen molar-refractivity contribution < 1.29 is 9.53 Å². The van der Waals surface area contributed by atoms with Gasteiger partial charge < -0.3 is 15.0 Å². The van der Waals surface area contributed by atoms with Gasteiger partial charge in [0.1, 0.15) is 5.60 Å². The molecule has 0 aromatic heterocycles. The van der Waals surface area contributed by atoms with Gasteiger partial charge in [-0.25, -0.2) is 0 Å². The summed E-state index contributed by atoms with van der Waals surface area (Å²) in [6, 6.07) is 0. The molecule has 1 N–H and O–H groups in total. The number of ether oxygens (including phenoxy) is 1. The van der Waals surface area contributed by atoms with E-state index in [2.05, 4.69) is 16.9 Å². The van der Waals surface area contributed by atoms with E-state index < -0.39 is 5.60 Å². The van der Waals surface area contributed by atoms with Crippen LogP contribution in [-0.2, 0) is 9.53 Å². The number of guanidine groups is 1. The Balaban J connectivity index is 2.53. The lowest BCUT2D eigenvalue weighted by Gasteiger charge is -2.23. The van der Waals surface area contributed by atoms with Crippen molar-refractivity contribution in [3.8, 4) is 0 Å². The lowest BCUT2D eigenvalue weighted by Crippen LogP contribution is -2.41. The molecule has 114 valence electrons.